The lowest BCUT2D eigenvalue weighted by Gasteiger charge is -2.26. The fourth-order valence-electron chi connectivity index (χ4n) is 5.05. The van der Waals surface area contributed by atoms with Crippen molar-refractivity contribution in [3.05, 3.63) is 79.9 Å². The second kappa shape index (κ2) is 21.8. The summed E-state index contributed by atoms with van der Waals surface area (Å²) in [6, 6.07) is 10.4. The molecule has 0 saturated carbocycles. The Balaban J connectivity index is 0.000000316. The molecule has 0 saturated heterocycles. The highest BCUT2D eigenvalue weighted by atomic mass is 79.9. The number of nitro benzene ring substituents is 2. The monoisotopic (exact) mass is 778 g/mol. The summed E-state index contributed by atoms with van der Waals surface area (Å²) in [6.07, 6.45) is 5.92. The number of nitro groups is 2. The van der Waals surface area contributed by atoms with Crippen molar-refractivity contribution in [2.75, 3.05) is 89.2 Å². The number of nitrogens with one attached hydrogen (secondary N) is 3. The van der Waals surface area contributed by atoms with Gasteiger partial charge in [0.15, 0.2) is 0 Å². The molecule has 2 aliphatic rings. The Labute approximate surface area is 309 Å². The Morgan fingerprint density at radius 1 is 0.843 bits per heavy atom. The van der Waals surface area contributed by atoms with Crippen molar-refractivity contribution in [1.29, 1.82) is 0 Å². The molecule has 0 aromatic heterocycles. The molecule has 15 heteroatoms. The number of anilines is 2. The highest BCUT2D eigenvalue weighted by Crippen LogP contribution is 2.32. The van der Waals surface area contributed by atoms with Crippen LogP contribution in [0.4, 0.5) is 22.7 Å². The normalized spacial score (nSPS) is 14.9. The Kier molecular flexibility index (Phi) is 18.7. The number of hydrogen-bond acceptors (Lipinski definition) is 12. The predicted octanol–water partition coefficient (Wildman–Crippen LogP) is 5.70. The van der Waals surface area contributed by atoms with E-state index in [1.807, 2.05) is 12.1 Å². The molecule has 0 atom stereocenters. The van der Waals surface area contributed by atoms with Gasteiger partial charge in [0.05, 0.1) is 34.3 Å². The lowest BCUT2D eigenvalue weighted by atomic mass is 9.98. The van der Waals surface area contributed by atoms with Crippen LogP contribution in [0.3, 0.4) is 0 Å². The van der Waals surface area contributed by atoms with Gasteiger partial charge in [0.25, 0.3) is 11.4 Å². The molecule has 5 N–H and O–H groups in total. The van der Waals surface area contributed by atoms with E-state index in [-0.39, 0.29) is 29.4 Å². The lowest BCUT2D eigenvalue weighted by molar-refractivity contribution is -0.384. The third-order valence-electron chi connectivity index (χ3n) is 7.80. The molecule has 0 aliphatic carbocycles. The number of halogens is 1. The summed E-state index contributed by atoms with van der Waals surface area (Å²) >= 11 is 3.18. The predicted molar refractivity (Wildman–Crippen MR) is 208 cm³/mol. The van der Waals surface area contributed by atoms with Crippen LogP contribution < -0.4 is 16.0 Å². The molecule has 0 bridgehead atoms. The van der Waals surface area contributed by atoms with Crippen molar-refractivity contribution < 1.29 is 29.5 Å². The maximum absolute atomic E-state index is 11.4. The third kappa shape index (κ3) is 16.6. The maximum Gasteiger partial charge on any atom is 0.292 e. The molecule has 51 heavy (non-hydrogen) atoms. The number of benzene rings is 2. The first-order valence-electron chi connectivity index (χ1n) is 16.9. The summed E-state index contributed by atoms with van der Waals surface area (Å²) in [4.78, 5) is 24.2. The zero-order valence-corrected chi connectivity index (χ0v) is 32.3. The van der Waals surface area contributed by atoms with Crippen molar-refractivity contribution in [2.24, 2.45) is 0 Å². The summed E-state index contributed by atoms with van der Waals surface area (Å²) in [5.41, 5.74) is 3.09. The fraction of sp³-hybridized carbons (Fsp3) is 0.556. The fourth-order valence-corrected chi connectivity index (χ4v) is 5.37. The molecule has 2 aromatic carbocycles. The van der Waals surface area contributed by atoms with Crippen LogP contribution in [0.1, 0.15) is 51.7 Å². The van der Waals surface area contributed by atoms with Crippen LogP contribution in [0.2, 0.25) is 0 Å². The van der Waals surface area contributed by atoms with Crippen LogP contribution in [0.15, 0.2) is 48.6 Å². The number of methoxy groups -OCH3 is 2. The number of hydrogen-bond donors (Lipinski definition) is 5. The average Bonchev–Trinajstić information content (AvgIpc) is 3.09. The van der Waals surface area contributed by atoms with Gasteiger partial charge in [0.2, 0.25) is 0 Å². The molecule has 4 rings (SSSR count). The van der Waals surface area contributed by atoms with Gasteiger partial charge in [-0.05, 0) is 81.5 Å². The lowest BCUT2D eigenvalue weighted by Crippen LogP contribution is -2.31. The van der Waals surface area contributed by atoms with Crippen molar-refractivity contribution in [1.82, 2.24) is 10.2 Å². The molecule has 0 spiro atoms. The van der Waals surface area contributed by atoms with E-state index in [0.717, 1.165) is 79.8 Å². The number of aliphatic hydroxyl groups is 2. The SMILES string of the molecule is CC(C)(O)CNc1ccc(C2=CCNCC2)cc1[N+](=O)[O-].COCCBr.COCCN1CC=C(c2ccc(NCC(C)(C)O)c([N+](=O)[O-])c2)CC1. The second-order valence-electron chi connectivity index (χ2n) is 13.4. The maximum atomic E-state index is 11.4. The first-order valence-corrected chi connectivity index (χ1v) is 18.1. The number of nitrogens with zero attached hydrogens (tertiary/aromatic N) is 3. The van der Waals surface area contributed by atoms with Crippen molar-refractivity contribution in [3.8, 4) is 0 Å². The number of ether oxygens (including phenoxy) is 2. The molecule has 2 aromatic rings. The average molecular weight is 780 g/mol. The standard InChI is InChI=1S/C18H27N3O4.C15H21N3O3.C3H7BrO/c1-18(2,22)13-19-16-5-4-15(12-17(16)21(23)24)14-6-8-20(9-7-14)10-11-25-3;1-15(2,19)10-17-13-4-3-12(9-14(13)18(20)21)11-5-7-16-8-6-11;1-5-3-2-4/h4-6,12,19,22H,7-11,13H2,1-3H3;3-5,9,16-17,19H,6-8,10H2,1-2H3;2-3H2,1H3. The minimum atomic E-state index is -0.940. The number of alkyl halides is 1. The zero-order chi connectivity index (χ0) is 38.0. The molecular weight excluding hydrogens is 724 g/mol. The summed E-state index contributed by atoms with van der Waals surface area (Å²) in [6.45, 7) is 12.9. The van der Waals surface area contributed by atoms with E-state index >= 15 is 0 Å². The molecule has 284 valence electrons. The summed E-state index contributed by atoms with van der Waals surface area (Å²) < 4.78 is 9.74. The molecule has 0 amide bonds. The van der Waals surface area contributed by atoms with Gasteiger partial charge in [0.1, 0.15) is 11.4 Å². The Bertz CT molecular complexity index is 1470. The molecule has 2 aliphatic heterocycles. The topological polar surface area (TPSA) is 185 Å². The van der Waals surface area contributed by atoms with Crippen LogP contribution in [0.5, 0.6) is 0 Å². The van der Waals surface area contributed by atoms with Crippen molar-refractivity contribution in [3.63, 3.8) is 0 Å². The molecule has 0 unspecified atom stereocenters. The van der Waals surface area contributed by atoms with Crippen molar-refractivity contribution >= 4 is 49.8 Å². The Morgan fingerprint density at radius 2 is 1.35 bits per heavy atom. The van der Waals surface area contributed by atoms with Crippen LogP contribution in [-0.4, -0.2) is 115 Å². The van der Waals surface area contributed by atoms with E-state index in [9.17, 15) is 30.4 Å². The van der Waals surface area contributed by atoms with Crippen LogP contribution in [-0.2, 0) is 9.47 Å². The Hall–Kier alpha value is -3.44. The highest BCUT2D eigenvalue weighted by Gasteiger charge is 2.21. The van der Waals surface area contributed by atoms with Crippen molar-refractivity contribution in [2.45, 2.75) is 51.7 Å². The number of rotatable bonds is 15. The van der Waals surface area contributed by atoms with E-state index in [0.29, 0.717) is 18.0 Å². The van der Waals surface area contributed by atoms with Gasteiger partial charge < -0.3 is 35.6 Å². The van der Waals surface area contributed by atoms with E-state index in [1.54, 1.807) is 66.2 Å². The van der Waals surface area contributed by atoms with Gasteiger partial charge >= 0.3 is 0 Å². The summed E-state index contributed by atoms with van der Waals surface area (Å²) in [5, 5.41) is 52.2. The van der Waals surface area contributed by atoms with E-state index in [1.165, 1.54) is 0 Å². The highest BCUT2D eigenvalue weighted by molar-refractivity contribution is 9.09. The van der Waals surface area contributed by atoms with E-state index < -0.39 is 16.1 Å². The summed E-state index contributed by atoms with van der Waals surface area (Å²) in [7, 11) is 3.37. The smallest absolute Gasteiger partial charge is 0.292 e. The van der Waals surface area contributed by atoms with Gasteiger partial charge in [-0.1, -0.05) is 40.2 Å². The first kappa shape index (κ1) is 43.7. The van der Waals surface area contributed by atoms with Gasteiger partial charge in [-0.15, -0.1) is 0 Å². The van der Waals surface area contributed by atoms with Crippen LogP contribution >= 0.6 is 15.9 Å². The van der Waals surface area contributed by atoms with Gasteiger partial charge in [0, 0.05) is 71.0 Å². The molecule has 0 fully saturated rings. The molecular formula is C36H55BrN6O8. The Morgan fingerprint density at radius 3 is 1.71 bits per heavy atom. The largest absolute Gasteiger partial charge is 0.389 e. The third-order valence-corrected chi connectivity index (χ3v) is 8.13. The summed E-state index contributed by atoms with van der Waals surface area (Å²) in [5.74, 6) is 0. The van der Waals surface area contributed by atoms with Crippen LogP contribution in [0, 0.1) is 20.2 Å². The minimum Gasteiger partial charge on any atom is -0.389 e. The van der Waals surface area contributed by atoms with Gasteiger partial charge in [-0.25, -0.2) is 0 Å². The van der Waals surface area contributed by atoms with Crippen LogP contribution in [0.25, 0.3) is 11.1 Å². The molecule has 0 radical (unpaired) electrons. The minimum absolute atomic E-state index is 0.0319. The van der Waals surface area contributed by atoms with E-state index in [4.69, 9.17) is 4.74 Å². The second-order valence-corrected chi connectivity index (χ2v) is 14.2. The van der Waals surface area contributed by atoms with Gasteiger partial charge in [-0.2, -0.15) is 0 Å². The molecule has 2 heterocycles. The van der Waals surface area contributed by atoms with Gasteiger partial charge in [-0.3, -0.25) is 25.1 Å². The molecule has 14 nitrogen and oxygen atoms in total. The zero-order valence-electron chi connectivity index (χ0n) is 30.7. The quantitative estimate of drug-likeness (QED) is 0.0847. The first-order chi connectivity index (χ1) is 24.1. The van der Waals surface area contributed by atoms with E-state index in [2.05, 4.69) is 53.7 Å².